The lowest BCUT2D eigenvalue weighted by molar-refractivity contribution is -0.137. The molecule has 1 aromatic carbocycles. The average molecular weight is 280 g/mol. The molecule has 0 unspecified atom stereocenters. The van der Waals surface area contributed by atoms with Gasteiger partial charge in [-0.15, -0.1) is 0 Å². The smallest absolute Gasteiger partial charge is 0.396 e. The molecule has 7 heteroatoms. The van der Waals surface area contributed by atoms with Gasteiger partial charge in [-0.05, 0) is 18.2 Å². The molecular formula is C13H11F3N4. The number of benzene rings is 1. The van der Waals surface area contributed by atoms with E-state index < -0.39 is 11.7 Å². The van der Waals surface area contributed by atoms with Crippen LogP contribution in [-0.4, -0.2) is 14.8 Å². The monoisotopic (exact) mass is 280 g/mol. The molecule has 3 aromatic rings. The highest BCUT2D eigenvalue weighted by atomic mass is 19.4. The molecule has 0 saturated carbocycles. The van der Waals surface area contributed by atoms with Crippen LogP contribution in [0.5, 0.6) is 0 Å². The van der Waals surface area contributed by atoms with Crippen LogP contribution in [-0.2, 0) is 13.2 Å². The highest BCUT2D eigenvalue weighted by molar-refractivity contribution is 5.97. The van der Waals surface area contributed by atoms with Crippen molar-refractivity contribution in [1.82, 2.24) is 14.8 Å². The highest BCUT2D eigenvalue weighted by Gasteiger charge is 2.31. The van der Waals surface area contributed by atoms with E-state index in [0.29, 0.717) is 27.8 Å². The minimum Gasteiger partial charge on any atom is -0.396 e. The number of nitrogens with one attached hydrogen (secondary N) is 1. The molecule has 0 aliphatic rings. The first-order valence-electron chi connectivity index (χ1n) is 5.84. The molecule has 2 aromatic heterocycles. The van der Waals surface area contributed by atoms with Gasteiger partial charge in [0.25, 0.3) is 0 Å². The summed E-state index contributed by atoms with van der Waals surface area (Å²) in [5.74, 6) is 0. The standard InChI is InChI=1S/C13H11F3N4/c1-20-12(10(17)6-19-20)9-5-18-11-3-2-7(4-8(9)11)13(14,15)16/h2-6,18H,17H2,1H3. The second-order valence-electron chi connectivity index (χ2n) is 4.53. The first-order chi connectivity index (χ1) is 9.38. The van der Waals surface area contributed by atoms with E-state index in [-0.39, 0.29) is 0 Å². The molecule has 4 nitrogen and oxygen atoms in total. The molecule has 0 saturated heterocycles. The largest absolute Gasteiger partial charge is 0.416 e. The molecule has 0 atom stereocenters. The third kappa shape index (κ3) is 1.82. The van der Waals surface area contributed by atoms with Crippen LogP contribution in [0.15, 0.2) is 30.6 Å². The molecule has 0 amide bonds. The van der Waals surface area contributed by atoms with Crippen LogP contribution < -0.4 is 5.73 Å². The lowest BCUT2D eigenvalue weighted by Gasteiger charge is -2.07. The molecule has 20 heavy (non-hydrogen) atoms. The van der Waals surface area contributed by atoms with Gasteiger partial charge in [0.2, 0.25) is 0 Å². The van der Waals surface area contributed by atoms with Crippen molar-refractivity contribution in [3.63, 3.8) is 0 Å². The van der Waals surface area contributed by atoms with Crippen LogP contribution in [0.25, 0.3) is 22.2 Å². The van der Waals surface area contributed by atoms with E-state index in [0.717, 1.165) is 12.1 Å². The summed E-state index contributed by atoms with van der Waals surface area (Å²) in [6.45, 7) is 0. The molecule has 0 spiro atoms. The average Bonchev–Trinajstić information content (AvgIpc) is 2.92. The zero-order valence-corrected chi connectivity index (χ0v) is 10.5. The van der Waals surface area contributed by atoms with E-state index in [1.54, 1.807) is 13.2 Å². The van der Waals surface area contributed by atoms with E-state index in [9.17, 15) is 13.2 Å². The van der Waals surface area contributed by atoms with Crippen molar-refractivity contribution in [3.8, 4) is 11.3 Å². The summed E-state index contributed by atoms with van der Waals surface area (Å²) in [5, 5.41) is 4.47. The first kappa shape index (κ1) is 12.6. The number of halogens is 3. The molecular weight excluding hydrogens is 269 g/mol. The van der Waals surface area contributed by atoms with Gasteiger partial charge in [-0.1, -0.05) is 0 Å². The van der Waals surface area contributed by atoms with E-state index in [1.807, 2.05) is 0 Å². The number of aromatic nitrogens is 3. The number of rotatable bonds is 1. The highest BCUT2D eigenvalue weighted by Crippen LogP contribution is 2.36. The molecule has 0 bridgehead atoms. The number of aryl methyl sites for hydroxylation is 1. The third-order valence-electron chi connectivity index (χ3n) is 3.23. The second-order valence-corrected chi connectivity index (χ2v) is 4.53. The van der Waals surface area contributed by atoms with Gasteiger partial charge < -0.3 is 10.7 Å². The zero-order valence-electron chi connectivity index (χ0n) is 10.5. The number of nitrogen functional groups attached to an aromatic ring is 1. The van der Waals surface area contributed by atoms with E-state index in [4.69, 9.17) is 5.73 Å². The Morgan fingerprint density at radius 2 is 2.05 bits per heavy atom. The maximum Gasteiger partial charge on any atom is 0.416 e. The normalized spacial score (nSPS) is 12.2. The fourth-order valence-corrected chi connectivity index (χ4v) is 2.28. The summed E-state index contributed by atoms with van der Waals surface area (Å²) in [6.07, 6.45) is -1.26. The van der Waals surface area contributed by atoms with Crippen LogP contribution in [0, 0.1) is 0 Å². The molecule has 0 aliphatic carbocycles. The number of nitrogens with zero attached hydrogens (tertiary/aromatic N) is 2. The summed E-state index contributed by atoms with van der Waals surface area (Å²) in [7, 11) is 1.69. The predicted octanol–water partition coefficient (Wildman–Crippen LogP) is 3.17. The predicted molar refractivity (Wildman–Crippen MR) is 69.9 cm³/mol. The molecule has 104 valence electrons. The van der Waals surface area contributed by atoms with Crippen LogP contribution in [0.1, 0.15) is 5.56 Å². The second kappa shape index (κ2) is 4.03. The van der Waals surface area contributed by atoms with Crippen molar-refractivity contribution in [1.29, 1.82) is 0 Å². The Morgan fingerprint density at radius 3 is 2.65 bits per heavy atom. The summed E-state index contributed by atoms with van der Waals surface area (Å²) < 4.78 is 39.9. The van der Waals surface area contributed by atoms with Gasteiger partial charge in [0, 0.05) is 29.7 Å². The van der Waals surface area contributed by atoms with Crippen molar-refractivity contribution in [2.24, 2.45) is 7.05 Å². The number of H-pyrrole nitrogens is 1. The summed E-state index contributed by atoms with van der Waals surface area (Å²) >= 11 is 0. The van der Waals surface area contributed by atoms with Crippen LogP contribution in [0.3, 0.4) is 0 Å². The van der Waals surface area contributed by atoms with Crippen LogP contribution >= 0.6 is 0 Å². The summed E-state index contributed by atoms with van der Waals surface area (Å²) in [4.78, 5) is 2.95. The van der Waals surface area contributed by atoms with Gasteiger partial charge >= 0.3 is 6.18 Å². The van der Waals surface area contributed by atoms with Crippen LogP contribution in [0.4, 0.5) is 18.9 Å². The van der Waals surface area contributed by atoms with Gasteiger partial charge in [-0.2, -0.15) is 18.3 Å². The summed E-state index contributed by atoms with van der Waals surface area (Å²) in [5.41, 5.74) is 7.37. The lowest BCUT2D eigenvalue weighted by atomic mass is 10.1. The lowest BCUT2D eigenvalue weighted by Crippen LogP contribution is -2.04. The van der Waals surface area contributed by atoms with Crippen molar-refractivity contribution >= 4 is 16.6 Å². The Balaban J connectivity index is 2.27. The van der Waals surface area contributed by atoms with Gasteiger partial charge in [0.05, 0.1) is 23.1 Å². The fraction of sp³-hybridized carbons (Fsp3) is 0.154. The summed E-state index contributed by atoms with van der Waals surface area (Å²) in [6, 6.07) is 3.58. The minimum absolute atomic E-state index is 0.422. The minimum atomic E-state index is -4.37. The topological polar surface area (TPSA) is 59.6 Å². The van der Waals surface area contributed by atoms with Gasteiger partial charge in [-0.3, -0.25) is 4.68 Å². The van der Waals surface area contributed by atoms with Crippen molar-refractivity contribution in [3.05, 3.63) is 36.2 Å². The number of hydrogen-bond acceptors (Lipinski definition) is 2. The molecule has 2 heterocycles. The fourth-order valence-electron chi connectivity index (χ4n) is 2.28. The Morgan fingerprint density at radius 1 is 1.30 bits per heavy atom. The molecule has 0 fully saturated rings. The number of anilines is 1. The molecule has 3 rings (SSSR count). The van der Waals surface area contributed by atoms with E-state index in [2.05, 4.69) is 10.1 Å². The Labute approximate surface area is 112 Å². The Kier molecular flexibility index (Phi) is 2.53. The Bertz CT molecular complexity index is 763. The third-order valence-corrected chi connectivity index (χ3v) is 3.23. The number of aromatic amines is 1. The maximum atomic E-state index is 12.8. The van der Waals surface area contributed by atoms with Gasteiger partial charge in [-0.25, -0.2) is 0 Å². The number of hydrogen-bond donors (Lipinski definition) is 2. The van der Waals surface area contributed by atoms with Crippen molar-refractivity contribution in [2.75, 3.05) is 5.73 Å². The Hall–Kier alpha value is -2.44. The quantitative estimate of drug-likeness (QED) is 0.719. The SMILES string of the molecule is Cn1ncc(N)c1-c1c[nH]c2ccc(C(F)(F)F)cc12. The number of fused-ring (bicyclic) bond motifs is 1. The van der Waals surface area contributed by atoms with E-state index in [1.165, 1.54) is 16.9 Å². The molecule has 0 aliphatic heterocycles. The van der Waals surface area contributed by atoms with Gasteiger partial charge in [0.15, 0.2) is 0 Å². The first-order valence-corrected chi connectivity index (χ1v) is 5.84. The van der Waals surface area contributed by atoms with Gasteiger partial charge in [0.1, 0.15) is 0 Å². The number of nitrogens with two attached hydrogens (primary N) is 1. The molecule has 3 N–H and O–H groups in total. The van der Waals surface area contributed by atoms with E-state index >= 15 is 0 Å². The maximum absolute atomic E-state index is 12.8. The zero-order chi connectivity index (χ0) is 14.5. The number of alkyl halides is 3. The van der Waals surface area contributed by atoms with Crippen molar-refractivity contribution in [2.45, 2.75) is 6.18 Å². The molecule has 0 radical (unpaired) electrons. The van der Waals surface area contributed by atoms with Crippen LogP contribution in [0.2, 0.25) is 0 Å². The van der Waals surface area contributed by atoms with Crippen molar-refractivity contribution < 1.29 is 13.2 Å².